The Morgan fingerprint density at radius 1 is 0.271 bits per heavy atom. The molecular weight excluding hydrogens is 1620 g/mol. The molecule has 31 rings (SSSR count). The van der Waals surface area contributed by atoms with E-state index in [4.69, 9.17) is 14.7 Å². The summed E-state index contributed by atoms with van der Waals surface area (Å²) in [6.07, 6.45) is 17.6. The zero-order chi connectivity index (χ0) is 86.0. The van der Waals surface area contributed by atoms with Gasteiger partial charge in [0.2, 0.25) is 5.88 Å². The van der Waals surface area contributed by atoms with Gasteiger partial charge in [0.15, 0.2) is 0 Å². The minimum absolute atomic E-state index is 0.621. The molecule has 5 aliphatic heterocycles. The molecule has 26 aromatic rings. The highest BCUT2D eigenvalue weighted by molar-refractivity contribution is 7.99. The lowest BCUT2D eigenvalue weighted by Gasteiger charge is -2.20. The number of benzene rings is 13. The van der Waals surface area contributed by atoms with Crippen LogP contribution in [0.2, 0.25) is 0 Å². The predicted molar refractivity (Wildman–Crippen MR) is 536 cm³/mol. The summed E-state index contributed by atoms with van der Waals surface area (Å²) in [5.74, 6) is 2.88. The first-order valence-corrected chi connectivity index (χ1v) is 46.8. The molecule has 13 nitrogen and oxygen atoms in total. The standard InChI is InChI=1S/C26H22N2.C19H16N2.C18H12N2.C17H12N2O.2C17H12N2S/c1-15-5-4-6-16(2)23(15)19-10-12-21-22(13-19)24-17(3)7-8-18-9-11-20-14-27-26(21)28(20)25(18)24;1-12-9-10-13-5-4-6-14-11-20-19-16-8-3-2-7-15(16)17(12)18(13)21(14)19;1-11-6-7-12-8-9-13-10-19-18-15-5-3-2-4-14(15)16(11)17(12)20(13)18;1-10-6-7-11-9-20-14-8-18-17-13-5-3-2-4-12(13)15(10)16(11)19(14)17;1-10-6-7-14-16-15(10)12-4-2-3-5-13(12)17-18-8-11(9-20-14)19(16)17;1-10-6-7-11-9-20-14-8-18-17-13-5-3-2-4-12(13)15(10)16(11)19(14)17/h4-8,10,12-14H,9,11H2,1-3H3;2-3,7-11H,4-6H2,1H3;2-10H,1H3;3*2-8H,9H2,1H3. The summed E-state index contributed by atoms with van der Waals surface area (Å²) in [7, 11) is 0. The smallest absolute Gasteiger partial charge is 0.219 e. The van der Waals surface area contributed by atoms with Crippen LogP contribution in [0.5, 0.6) is 5.88 Å². The molecule has 18 heterocycles. The quantitative estimate of drug-likeness (QED) is 0.117. The molecule has 15 heteroatoms. The Morgan fingerprint density at radius 3 is 1.28 bits per heavy atom. The van der Waals surface area contributed by atoms with Crippen molar-refractivity contribution in [3.63, 3.8) is 0 Å². The third kappa shape index (κ3) is 11.2. The Kier molecular flexibility index (Phi) is 17.0. The molecule has 0 unspecified atom stereocenters. The van der Waals surface area contributed by atoms with Crippen LogP contribution < -0.4 is 4.74 Å². The monoisotopic (exact) mass is 1700 g/mol. The molecule has 0 bridgehead atoms. The lowest BCUT2D eigenvalue weighted by molar-refractivity contribution is 0.286. The number of rotatable bonds is 1. The molecule has 0 saturated carbocycles. The molecule has 0 saturated heterocycles. The number of aryl methyl sites for hydroxylation is 12. The van der Waals surface area contributed by atoms with Gasteiger partial charge in [-0.15, -0.1) is 23.5 Å². The summed E-state index contributed by atoms with van der Waals surface area (Å²) in [5, 5.41) is 26.0. The van der Waals surface area contributed by atoms with E-state index in [9.17, 15) is 0 Å². The van der Waals surface area contributed by atoms with Crippen LogP contribution >= 0.6 is 23.5 Å². The van der Waals surface area contributed by atoms with Gasteiger partial charge in [0.1, 0.15) is 45.5 Å². The average molecular weight is 1700 g/mol. The first kappa shape index (κ1) is 75.7. The second-order valence-electron chi connectivity index (χ2n) is 35.7. The van der Waals surface area contributed by atoms with Crippen molar-refractivity contribution < 1.29 is 4.74 Å². The van der Waals surface area contributed by atoms with Gasteiger partial charge in [0.25, 0.3) is 0 Å². The maximum atomic E-state index is 5.81. The van der Waals surface area contributed by atoms with E-state index in [1.165, 1.54) is 247 Å². The van der Waals surface area contributed by atoms with E-state index < -0.39 is 0 Å². The molecule has 5 aliphatic rings. The molecule has 0 atom stereocenters. The fourth-order valence-corrected chi connectivity index (χ4v) is 24.4. The molecule has 0 aliphatic carbocycles. The SMILES string of the molecule is Cc1ccc2c3c1c1ccccc1c1ncc(n13)CCC2.Cc1ccc2c3c1c1ccccc1c1ncc(n13)CS2.Cc1ccc2c3c1c1ccccc1c1ncc(n13)OC2.Cc1ccc2c3c1c1ccccc1c1ncc(n13)SC2.Cc1ccc2ccc3cnc4c5ccccc5c1c2n34.Cc1cccc(C)c1-c1ccc2c(c1)c1c(C)ccc3c1n1c(cnc21)CC3. The van der Waals surface area contributed by atoms with Crippen LogP contribution in [0.15, 0.2) is 290 Å². The zero-order valence-electron chi connectivity index (χ0n) is 72.8. The highest BCUT2D eigenvalue weighted by Gasteiger charge is 2.28. The molecule has 13 aromatic carbocycles. The minimum atomic E-state index is 0.621. The number of nitrogens with zero attached hydrogens (tertiary/aromatic N) is 12. The van der Waals surface area contributed by atoms with Crippen LogP contribution in [0, 0.1) is 55.4 Å². The number of thioether (sulfide) groups is 2. The van der Waals surface area contributed by atoms with Crippen LogP contribution in [0.1, 0.15) is 90.3 Å². The molecule has 0 amide bonds. The second-order valence-corrected chi connectivity index (χ2v) is 37.8. The van der Waals surface area contributed by atoms with E-state index in [1.807, 2.05) is 48.3 Å². The second kappa shape index (κ2) is 28.9. The molecule has 13 aromatic heterocycles. The Hall–Kier alpha value is -14.6. The molecular formula is C114H86N12OS2. The van der Waals surface area contributed by atoms with Crippen molar-refractivity contribution in [2.45, 2.75) is 116 Å². The van der Waals surface area contributed by atoms with Crippen molar-refractivity contribution in [3.8, 4) is 17.0 Å². The van der Waals surface area contributed by atoms with Gasteiger partial charge >= 0.3 is 0 Å². The Morgan fingerprint density at radius 2 is 0.690 bits per heavy atom. The number of pyridine rings is 7. The number of aromatic nitrogens is 12. The lowest BCUT2D eigenvalue weighted by atomic mass is 9.91. The summed E-state index contributed by atoms with van der Waals surface area (Å²) in [4.78, 5) is 29.5. The molecule has 0 spiro atoms. The lowest BCUT2D eigenvalue weighted by Crippen LogP contribution is -2.08. The van der Waals surface area contributed by atoms with Gasteiger partial charge in [-0.2, -0.15) is 0 Å². The third-order valence-corrected chi connectivity index (χ3v) is 30.4. The summed E-state index contributed by atoms with van der Waals surface area (Å²) in [6, 6.07) is 87.7. The van der Waals surface area contributed by atoms with Crippen LogP contribution in [0.25, 0.3) is 186 Å². The van der Waals surface area contributed by atoms with E-state index in [1.54, 1.807) is 0 Å². The van der Waals surface area contributed by atoms with Gasteiger partial charge in [-0.25, -0.2) is 29.9 Å². The van der Waals surface area contributed by atoms with E-state index >= 15 is 0 Å². The summed E-state index contributed by atoms with van der Waals surface area (Å²) in [5.41, 5.74) is 38.4. The van der Waals surface area contributed by atoms with E-state index in [2.05, 4.69) is 357 Å². The maximum absolute atomic E-state index is 5.81. The first-order chi connectivity index (χ1) is 63.3. The number of fused-ring (bicyclic) bond motifs is 18. The van der Waals surface area contributed by atoms with Crippen LogP contribution in [-0.4, -0.2) is 56.3 Å². The Labute approximate surface area is 750 Å². The summed E-state index contributed by atoms with van der Waals surface area (Å²) >= 11 is 3.79. The zero-order valence-corrected chi connectivity index (χ0v) is 74.4. The van der Waals surface area contributed by atoms with Crippen molar-refractivity contribution in [3.05, 3.63) is 364 Å². The van der Waals surface area contributed by atoms with E-state index in [0.717, 1.165) is 82.5 Å². The molecule has 0 radical (unpaired) electrons. The largest absolute Gasteiger partial charge is 0.473 e. The topological polar surface area (TPSA) is 113 Å². The molecule has 129 heavy (non-hydrogen) atoms. The molecule has 620 valence electrons. The highest BCUT2D eigenvalue weighted by atomic mass is 32.2. The van der Waals surface area contributed by atoms with Crippen molar-refractivity contribution >= 4 is 198 Å². The van der Waals surface area contributed by atoms with Gasteiger partial charge in [0.05, 0.1) is 69.1 Å². The van der Waals surface area contributed by atoms with Crippen LogP contribution in [0.4, 0.5) is 0 Å². The fourth-order valence-electron chi connectivity index (χ4n) is 22.5. The van der Waals surface area contributed by atoms with Crippen LogP contribution in [0.3, 0.4) is 0 Å². The molecule has 0 N–H and O–H groups in total. The van der Waals surface area contributed by atoms with Gasteiger partial charge in [-0.1, -0.05) is 218 Å². The number of hydrogen-bond acceptors (Lipinski definition) is 9. The fraction of sp³-hybridized carbons (Fsp3) is 0.140. The van der Waals surface area contributed by atoms with Gasteiger partial charge < -0.3 is 4.74 Å². The number of imidazole rings is 6. The van der Waals surface area contributed by atoms with Crippen molar-refractivity contribution in [2.75, 3.05) is 0 Å². The van der Waals surface area contributed by atoms with Gasteiger partial charge in [-0.3, -0.25) is 26.4 Å². The van der Waals surface area contributed by atoms with Crippen LogP contribution in [-0.2, 0) is 43.8 Å². The first-order valence-electron chi connectivity index (χ1n) is 44.8. The summed E-state index contributed by atoms with van der Waals surface area (Å²) in [6.45, 7) is 18.3. The molecule has 0 fully saturated rings. The average Bonchev–Trinajstić information content (AvgIpc) is 1.66. The Bertz CT molecular complexity index is 8960. The number of hydrogen-bond donors (Lipinski definition) is 0. The number of ether oxygens (including phenoxy) is 1. The third-order valence-electron chi connectivity index (χ3n) is 28.3. The van der Waals surface area contributed by atoms with Crippen molar-refractivity contribution in [2.24, 2.45) is 0 Å². The highest BCUT2D eigenvalue weighted by Crippen LogP contribution is 2.47. The Balaban J connectivity index is 0.0000000821. The minimum Gasteiger partial charge on any atom is -0.473 e. The van der Waals surface area contributed by atoms with Gasteiger partial charge in [-0.05, 0) is 222 Å². The maximum Gasteiger partial charge on any atom is 0.219 e. The predicted octanol–water partition coefficient (Wildman–Crippen LogP) is 28.3. The van der Waals surface area contributed by atoms with Crippen molar-refractivity contribution in [1.82, 2.24) is 56.3 Å². The van der Waals surface area contributed by atoms with Gasteiger partial charge in [0, 0.05) is 110 Å². The van der Waals surface area contributed by atoms with E-state index in [-0.39, 0.29) is 0 Å². The van der Waals surface area contributed by atoms with E-state index in [0.29, 0.717) is 6.61 Å². The van der Waals surface area contributed by atoms with Crippen molar-refractivity contribution in [1.29, 1.82) is 0 Å². The normalized spacial score (nSPS) is 13.5. The summed E-state index contributed by atoms with van der Waals surface area (Å²) < 4.78 is 19.8.